The van der Waals surface area contributed by atoms with Crippen molar-refractivity contribution in [3.8, 4) is 0 Å². The third-order valence-corrected chi connectivity index (χ3v) is 2.96. The molecule has 100 valence electrons. The molecule has 5 heteroatoms. The Labute approximate surface area is 112 Å². The molecule has 0 aliphatic carbocycles. The van der Waals surface area contributed by atoms with Gasteiger partial charge in [0.1, 0.15) is 5.82 Å². The monoisotopic (exact) mass is 258 g/mol. The summed E-state index contributed by atoms with van der Waals surface area (Å²) in [6, 6.07) is 9.33. The SMILES string of the molecule is CC(C)(CN)Nc1nc2ccccc2cc1C(N)=O. The number of carbonyl (C=O) groups is 1. The maximum atomic E-state index is 11.6. The lowest BCUT2D eigenvalue weighted by atomic mass is 10.0. The molecule has 1 heterocycles. The van der Waals surface area contributed by atoms with Gasteiger partial charge in [-0.05, 0) is 26.0 Å². The second-order valence-corrected chi connectivity index (χ2v) is 5.15. The summed E-state index contributed by atoms with van der Waals surface area (Å²) in [5, 5.41) is 4.05. The van der Waals surface area contributed by atoms with Crippen LogP contribution in [0.25, 0.3) is 10.9 Å². The molecule has 0 atom stereocenters. The Hall–Kier alpha value is -2.14. The number of benzene rings is 1. The number of nitrogens with two attached hydrogens (primary N) is 2. The van der Waals surface area contributed by atoms with E-state index in [0.29, 0.717) is 17.9 Å². The predicted molar refractivity (Wildman–Crippen MR) is 77.0 cm³/mol. The molecule has 1 aromatic heterocycles. The summed E-state index contributed by atoms with van der Waals surface area (Å²) in [5.41, 5.74) is 11.9. The Morgan fingerprint density at radius 3 is 2.68 bits per heavy atom. The van der Waals surface area contributed by atoms with Crippen molar-refractivity contribution in [3.63, 3.8) is 0 Å². The number of para-hydroxylation sites is 1. The minimum absolute atomic E-state index is 0.361. The first-order valence-electron chi connectivity index (χ1n) is 6.11. The normalized spacial score (nSPS) is 11.5. The summed E-state index contributed by atoms with van der Waals surface area (Å²) in [4.78, 5) is 16.0. The summed E-state index contributed by atoms with van der Waals surface area (Å²) in [6.07, 6.45) is 0. The third kappa shape index (κ3) is 2.82. The van der Waals surface area contributed by atoms with E-state index in [0.717, 1.165) is 10.9 Å². The topological polar surface area (TPSA) is 94.0 Å². The number of nitrogens with one attached hydrogen (secondary N) is 1. The second kappa shape index (κ2) is 4.85. The molecule has 0 aliphatic rings. The van der Waals surface area contributed by atoms with E-state index in [4.69, 9.17) is 11.5 Å². The van der Waals surface area contributed by atoms with Gasteiger partial charge < -0.3 is 16.8 Å². The largest absolute Gasteiger partial charge is 0.365 e. The molecule has 5 N–H and O–H groups in total. The first-order valence-corrected chi connectivity index (χ1v) is 6.11. The molecule has 0 unspecified atom stereocenters. The number of nitrogens with zero attached hydrogens (tertiary/aromatic N) is 1. The van der Waals surface area contributed by atoms with Gasteiger partial charge >= 0.3 is 0 Å². The van der Waals surface area contributed by atoms with Crippen LogP contribution in [0, 0.1) is 0 Å². The number of hydrogen-bond acceptors (Lipinski definition) is 4. The Morgan fingerprint density at radius 2 is 2.05 bits per heavy atom. The van der Waals surface area contributed by atoms with Gasteiger partial charge in [-0.3, -0.25) is 4.79 Å². The van der Waals surface area contributed by atoms with Gasteiger partial charge in [-0.25, -0.2) is 4.98 Å². The Balaban J connectivity index is 2.57. The second-order valence-electron chi connectivity index (χ2n) is 5.15. The first kappa shape index (κ1) is 13.3. The summed E-state index contributed by atoms with van der Waals surface area (Å²) < 4.78 is 0. The quantitative estimate of drug-likeness (QED) is 0.774. The zero-order valence-electron chi connectivity index (χ0n) is 11.1. The van der Waals surface area contributed by atoms with Crippen LogP contribution in [-0.4, -0.2) is 23.0 Å². The van der Waals surface area contributed by atoms with Crippen molar-refractivity contribution >= 4 is 22.6 Å². The molecule has 2 aromatic rings. The molecule has 5 nitrogen and oxygen atoms in total. The fourth-order valence-electron chi connectivity index (χ4n) is 1.77. The molecule has 0 saturated heterocycles. The molecular weight excluding hydrogens is 240 g/mol. The molecule has 0 radical (unpaired) electrons. The van der Waals surface area contributed by atoms with Crippen molar-refractivity contribution < 1.29 is 4.79 Å². The highest BCUT2D eigenvalue weighted by atomic mass is 16.1. The molecule has 0 bridgehead atoms. The number of anilines is 1. The van der Waals surface area contributed by atoms with Crippen LogP contribution in [0.4, 0.5) is 5.82 Å². The molecule has 0 aliphatic heterocycles. The standard InChI is InChI=1S/C14H18N4O/c1-14(2,8-15)18-13-10(12(16)19)7-9-5-3-4-6-11(9)17-13/h3-7H,8,15H2,1-2H3,(H2,16,19)(H,17,18). The van der Waals surface area contributed by atoms with Crippen LogP contribution in [-0.2, 0) is 0 Å². The van der Waals surface area contributed by atoms with Gasteiger partial charge in [0.15, 0.2) is 0 Å². The van der Waals surface area contributed by atoms with Crippen LogP contribution in [0.5, 0.6) is 0 Å². The molecule has 0 saturated carbocycles. The summed E-state index contributed by atoms with van der Waals surface area (Å²) >= 11 is 0. The third-order valence-electron chi connectivity index (χ3n) is 2.96. The van der Waals surface area contributed by atoms with Crippen LogP contribution < -0.4 is 16.8 Å². The van der Waals surface area contributed by atoms with E-state index in [2.05, 4.69) is 10.3 Å². The smallest absolute Gasteiger partial charge is 0.252 e. The molecule has 1 amide bonds. The van der Waals surface area contributed by atoms with Gasteiger partial charge in [0.05, 0.1) is 11.1 Å². The fourth-order valence-corrected chi connectivity index (χ4v) is 1.77. The number of rotatable bonds is 4. The summed E-state index contributed by atoms with van der Waals surface area (Å²) in [5.74, 6) is -0.0322. The van der Waals surface area contributed by atoms with Crippen LogP contribution in [0.3, 0.4) is 0 Å². The van der Waals surface area contributed by atoms with E-state index >= 15 is 0 Å². The number of aromatic nitrogens is 1. The van der Waals surface area contributed by atoms with E-state index in [1.807, 2.05) is 38.1 Å². The molecule has 1 aromatic carbocycles. The van der Waals surface area contributed by atoms with E-state index in [1.165, 1.54) is 0 Å². The van der Waals surface area contributed by atoms with Crippen LogP contribution >= 0.6 is 0 Å². The minimum Gasteiger partial charge on any atom is -0.365 e. The summed E-state index contributed by atoms with van der Waals surface area (Å²) in [6.45, 7) is 4.29. The van der Waals surface area contributed by atoms with Gasteiger partial charge in [-0.2, -0.15) is 0 Å². The molecule has 19 heavy (non-hydrogen) atoms. The first-order chi connectivity index (χ1) is 8.93. The zero-order valence-corrected chi connectivity index (χ0v) is 11.1. The van der Waals surface area contributed by atoms with Crippen molar-refractivity contribution in [1.82, 2.24) is 4.98 Å². The van der Waals surface area contributed by atoms with Crippen molar-refractivity contribution in [1.29, 1.82) is 0 Å². The highest BCUT2D eigenvalue weighted by Gasteiger charge is 2.20. The number of fused-ring (bicyclic) bond motifs is 1. The average molecular weight is 258 g/mol. The lowest BCUT2D eigenvalue weighted by Crippen LogP contribution is -2.40. The van der Waals surface area contributed by atoms with E-state index < -0.39 is 5.91 Å². The van der Waals surface area contributed by atoms with Crippen molar-refractivity contribution in [2.45, 2.75) is 19.4 Å². The maximum Gasteiger partial charge on any atom is 0.252 e. The van der Waals surface area contributed by atoms with Gasteiger partial charge in [-0.1, -0.05) is 18.2 Å². The predicted octanol–water partition coefficient (Wildman–Crippen LogP) is 1.48. The Bertz CT molecular complexity index is 622. The highest BCUT2D eigenvalue weighted by molar-refractivity contribution is 6.01. The lowest BCUT2D eigenvalue weighted by Gasteiger charge is -2.26. The van der Waals surface area contributed by atoms with Crippen molar-refractivity contribution in [3.05, 3.63) is 35.9 Å². The van der Waals surface area contributed by atoms with E-state index in [1.54, 1.807) is 6.07 Å². The van der Waals surface area contributed by atoms with Crippen molar-refractivity contribution in [2.24, 2.45) is 11.5 Å². The number of primary amides is 1. The Kier molecular flexibility index (Phi) is 3.40. The lowest BCUT2D eigenvalue weighted by molar-refractivity contribution is 0.100. The van der Waals surface area contributed by atoms with Gasteiger partial charge in [0, 0.05) is 17.5 Å². The van der Waals surface area contributed by atoms with Crippen LogP contribution in [0.1, 0.15) is 24.2 Å². The molecule has 0 fully saturated rings. The molecule has 2 rings (SSSR count). The zero-order chi connectivity index (χ0) is 14.0. The number of pyridine rings is 1. The fraction of sp³-hybridized carbons (Fsp3) is 0.286. The van der Waals surface area contributed by atoms with Crippen LogP contribution in [0.2, 0.25) is 0 Å². The number of hydrogen-bond donors (Lipinski definition) is 3. The summed E-state index contributed by atoms with van der Waals surface area (Å²) in [7, 11) is 0. The molecular formula is C14H18N4O. The van der Waals surface area contributed by atoms with E-state index in [9.17, 15) is 4.79 Å². The van der Waals surface area contributed by atoms with Crippen LogP contribution in [0.15, 0.2) is 30.3 Å². The van der Waals surface area contributed by atoms with Gasteiger partial charge in [0.25, 0.3) is 5.91 Å². The van der Waals surface area contributed by atoms with Gasteiger partial charge in [-0.15, -0.1) is 0 Å². The number of carbonyl (C=O) groups excluding carboxylic acids is 1. The average Bonchev–Trinajstić information content (AvgIpc) is 2.37. The van der Waals surface area contributed by atoms with E-state index in [-0.39, 0.29) is 5.54 Å². The number of amides is 1. The molecule has 0 spiro atoms. The Morgan fingerprint density at radius 1 is 1.37 bits per heavy atom. The highest BCUT2D eigenvalue weighted by Crippen LogP contribution is 2.22. The van der Waals surface area contributed by atoms with Gasteiger partial charge in [0.2, 0.25) is 0 Å². The van der Waals surface area contributed by atoms with Crippen molar-refractivity contribution in [2.75, 3.05) is 11.9 Å². The minimum atomic E-state index is -0.506. The maximum absolute atomic E-state index is 11.6.